The van der Waals surface area contributed by atoms with Gasteiger partial charge in [-0.05, 0) is 44.0 Å². The number of alkyl halides is 3. The molecule has 2 N–H and O–H groups in total. The second kappa shape index (κ2) is 14.6. The van der Waals surface area contributed by atoms with Crippen molar-refractivity contribution in [1.82, 2.24) is 14.8 Å². The monoisotopic (exact) mass is 521 g/mol. The maximum absolute atomic E-state index is 12.4. The van der Waals surface area contributed by atoms with E-state index in [-0.39, 0.29) is 6.54 Å². The number of hydrogen-bond acceptors (Lipinski definition) is 4. The molecule has 2 aromatic rings. The number of carboxylic acids is 1. The summed E-state index contributed by atoms with van der Waals surface area (Å²) in [5, 5.41) is 9.81. The highest BCUT2D eigenvalue weighted by Crippen LogP contribution is 2.31. The molecule has 1 fully saturated rings. The van der Waals surface area contributed by atoms with Gasteiger partial charge in [-0.1, -0.05) is 31.2 Å². The van der Waals surface area contributed by atoms with Gasteiger partial charge in [0.25, 0.3) is 0 Å². The number of carboxylic acid groups (broad SMARTS) is 1. The Labute approximate surface area is 217 Å². The van der Waals surface area contributed by atoms with Crippen molar-refractivity contribution in [3.63, 3.8) is 0 Å². The van der Waals surface area contributed by atoms with Crippen molar-refractivity contribution in [3.05, 3.63) is 65.4 Å². The highest BCUT2D eigenvalue weighted by atomic mass is 19.4. The van der Waals surface area contributed by atoms with Crippen molar-refractivity contribution < 1.29 is 27.8 Å². The van der Waals surface area contributed by atoms with Crippen LogP contribution >= 0.6 is 0 Å². The summed E-state index contributed by atoms with van der Waals surface area (Å²) in [6.07, 6.45) is 6.49. The first kappa shape index (κ1) is 30.2. The van der Waals surface area contributed by atoms with Crippen molar-refractivity contribution >= 4 is 16.9 Å². The van der Waals surface area contributed by atoms with Gasteiger partial charge in [0, 0.05) is 61.9 Å². The molecule has 1 saturated heterocycles. The Kier molecular flexibility index (Phi) is 11.9. The molecule has 0 amide bonds. The average molecular weight is 522 g/mol. The molecule has 0 aliphatic carbocycles. The van der Waals surface area contributed by atoms with Crippen LogP contribution in [0.25, 0.3) is 10.9 Å². The minimum Gasteiger partial charge on any atom is -0.496 e. The van der Waals surface area contributed by atoms with Crippen molar-refractivity contribution in [2.45, 2.75) is 46.3 Å². The fourth-order valence-corrected chi connectivity index (χ4v) is 4.18. The van der Waals surface area contributed by atoms with Crippen LogP contribution in [0.1, 0.15) is 37.8 Å². The number of benzene rings is 1. The molecule has 0 atom stereocenters. The summed E-state index contributed by atoms with van der Waals surface area (Å²) in [6, 6.07) is 4.09. The van der Waals surface area contributed by atoms with E-state index in [1.165, 1.54) is 0 Å². The van der Waals surface area contributed by atoms with Crippen LogP contribution < -0.4 is 4.74 Å². The Morgan fingerprint density at radius 1 is 1.19 bits per heavy atom. The second-order valence-corrected chi connectivity index (χ2v) is 8.88. The molecule has 204 valence electrons. The lowest BCUT2D eigenvalue weighted by atomic mass is 10.0. The molecule has 0 bridgehead atoms. The summed E-state index contributed by atoms with van der Waals surface area (Å²) < 4.78 is 42.6. The van der Waals surface area contributed by atoms with Crippen LogP contribution in [0.2, 0.25) is 0 Å². The number of ether oxygens (including phenoxy) is 1. The number of carbonyl (C=O) groups is 1. The number of methoxy groups -OCH3 is 1. The van der Waals surface area contributed by atoms with Crippen LogP contribution in [-0.4, -0.2) is 71.9 Å². The number of fused-ring (bicyclic) bond motifs is 1. The van der Waals surface area contributed by atoms with Gasteiger partial charge in [-0.15, -0.1) is 0 Å². The van der Waals surface area contributed by atoms with E-state index >= 15 is 0 Å². The van der Waals surface area contributed by atoms with E-state index in [0.29, 0.717) is 18.7 Å². The summed E-state index contributed by atoms with van der Waals surface area (Å²) in [5.74, 6) is -0.0123. The van der Waals surface area contributed by atoms with E-state index in [9.17, 15) is 18.0 Å². The summed E-state index contributed by atoms with van der Waals surface area (Å²) in [6.45, 7) is 9.53. The Balaban J connectivity index is 0.000000341. The maximum Gasteiger partial charge on any atom is 0.390 e. The number of aromatic nitrogens is 1. The number of aromatic amines is 1. The quantitative estimate of drug-likeness (QED) is 0.309. The predicted molar refractivity (Wildman–Crippen MR) is 142 cm³/mol. The van der Waals surface area contributed by atoms with Crippen molar-refractivity contribution in [1.29, 1.82) is 0 Å². The van der Waals surface area contributed by atoms with Gasteiger partial charge >= 0.3 is 12.1 Å². The van der Waals surface area contributed by atoms with Crippen LogP contribution in [0.4, 0.5) is 13.2 Å². The molecule has 9 heteroatoms. The molecule has 0 radical (unpaired) electrons. The second-order valence-electron chi connectivity index (χ2n) is 8.88. The molecule has 6 nitrogen and oxygen atoms in total. The topological polar surface area (TPSA) is 68.8 Å². The van der Waals surface area contributed by atoms with Crippen molar-refractivity contribution in [2.24, 2.45) is 0 Å². The number of piperazine rings is 1. The number of allylic oxidation sites excluding steroid dienone is 4. The minimum absolute atomic E-state index is 0.0905. The van der Waals surface area contributed by atoms with Crippen LogP contribution in [0, 0.1) is 6.92 Å². The number of halogens is 3. The van der Waals surface area contributed by atoms with Crippen LogP contribution in [0.15, 0.2) is 54.3 Å². The van der Waals surface area contributed by atoms with E-state index < -0.39 is 18.6 Å². The lowest BCUT2D eigenvalue weighted by molar-refractivity contribution is -0.138. The molecule has 0 unspecified atom stereocenters. The normalized spacial score (nSPS) is 15.9. The highest BCUT2D eigenvalue weighted by molar-refractivity contribution is 5.90. The zero-order valence-corrected chi connectivity index (χ0v) is 22.1. The summed E-state index contributed by atoms with van der Waals surface area (Å²) in [4.78, 5) is 18.0. The van der Waals surface area contributed by atoms with Gasteiger partial charge in [0.15, 0.2) is 0 Å². The predicted octanol–water partition coefficient (Wildman–Crippen LogP) is 6.09. The molecule has 1 aromatic heterocycles. The number of rotatable bonds is 9. The summed E-state index contributed by atoms with van der Waals surface area (Å²) in [7, 11) is 1.67. The van der Waals surface area contributed by atoms with Gasteiger partial charge in [-0.25, -0.2) is 4.79 Å². The van der Waals surface area contributed by atoms with Crippen LogP contribution in [0.5, 0.6) is 5.75 Å². The Morgan fingerprint density at radius 3 is 2.43 bits per heavy atom. The molecule has 3 rings (SSSR count). The Bertz CT molecular complexity index is 1100. The van der Waals surface area contributed by atoms with Gasteiger partial charge in [0.05, 0.1) is 19.1 Å². The largest absolute Gasteiger partial charge is 0.496 e. The molecule has 1 aliphatic rings. The van der Waals surface area contributed by atoms with Crippen LogP contribution in [0.3, 0.4) is 0 Å². The first-order chi connectivity index (χ1) is 17.6. The van der Waals surface area contributed by atoms with Gasteiger partial charge in [-0.3, -0.25) is 4.90 Å². The van der Waals surface area contributed by atoms with Crippen LogP contribution in [-0.2, 0) is 11.3 Å². The fraction of sp³-hybridized carbons (Fsp3) is 0.464. The summed E-state index contributed by atoms with van der Waals surface area (Å²) >= 11 is 0. The van der Waals surface area contributed by atoms with Gasteiger partial charge < -0.3 is 19.7 Å². The lowest BCUT2D eigenvalue weighted by Crippen LogP contribution is -2.46. The third kappa shape index (κ3) is 9.74. The molecule has 37 heavy (non-hydrogen) atoms. The Morgan fingerprint density at radius 2 is 1.86 bits per heavy atom. The molecular formula is C28H38F3N3O3. The van der Waals surface area contributed by atoms with E-state index in [2.05, 4.69) is 16.0 Å². The van der Waals surface area contributed by atoms with E-state index in [4.69, 9.17) is 9.84 Å². The number of H-pyrrole nitrogens is 1. The number of hydrogen-bond donors (Lipinski definition) is 2. The average Bonchev–Trinajstić information content (AvgIpc) is 3.35. The molecule has 2 heterocycles. The number of nitrogens with one attached hydrogen (secondary N) is 1. The third-order valence-corrected chi connectivity index (χ3v) is 6.14. The molecule has 0 saturated carbocycles. The van der Waals surface area contributed by atoms with E-state index in [0.717, 1.165) is 53.8 Å². The maximum atomic E-state index is 12.4. The minimum atomic E-state index is -4.08. The standard InChI is InChI=1S/C18H24F3N3O.C10H14O2/c1-13-11-16(25-2)15(14-3-5-22-17(13)14)12-24-9-7-23(8-10-24)6-4-18(19,20)21;1-3-5-6-8-9(7-4-2)10(11)12/h3,5,11,22H,4,6-10,12H2,1-2H3;3,5-8H,4H2,1-2H3,(H,11,12)/b;5-3-,8-6-,9-7-. The zero-order chi connectivity index (χ0) is 27.4. The SMILES string of the molecule is COc1cc(C)c2[nH]ccc2c1CN1CCN(CCC(F)(F)F)CC1.C\C=C/C=C\C(=C\CC)C(=O)O. The lowest BCUT2D eigenvalue weighted by Gasteiger charge is -2.35. The molecule has 0 spiro atoms. The smallest absolute Gasteiger partial charge is 0.390 e. The zero-order valence-electron chi connectivity index (χ0n) is 22.1. The van der Waals surface area contributed by atoms with Crippen molar-refractivity contribution in [3.8, 4) is 5.75 Å². The number of nitrogens with zero attached hydrogens (tertiary/aromatic N) is 2. The molecule has 1 aliphatic heterocycles. The highest BCUT2D eigenvalue weighted by Gasteiger charge is 2.29. The Hall–Kier alpha value is -3.04. The van der Waals surface area contributed by atoms with E-state index in [1.807, 2.05) is 44.0 Å². The first-order valence-electron chi connectivity index (χ1n) is 12.5. The van der Waals surface area contributed by atoms with Gasteiger partial charge in [0.1, 0.15) is 5.75 Å². The number of aliphatic carboxylic acids is 1. The first-order valence-corrected chi connectivity index (χ1v) is 12.5. The van der Waals surface area contributed by atoms with Crippen molar-refractivity contribution in [2.75, 3.05) is 39.8 Å². The van der Waals surface area contributed by atoms with Gasteiger partial charge in [0.2, 0.25) is 0 Å². The van der Waals surface area contributed by atoms with Gasteiger partial charge in [-0.2, -0.15) is 13.2 Å². The fourth-order valence-electron chi connectivity index (χ4n) is 4.18. The van der Waals surface area contributed by atoms with E-state index in [1.54, 1.807) is 31.4 Å². The summed E-state index contributed by atoms with van der Waals surface area (Å²) in [5.41, 5.74) is 3.72. The third-order valence-electron chi connectivity index (χ3n) is 6.14. The molecule has 1 aromatic carbocycles. The molecular weight excluding hydrogens is 483 g/mol. The number of aryl methyl sites for hydroxylation is 1.